The van der Waals surface area contributed by atoms with Crippen LogP contribution in [0.1, 0.15) is 29.6 Å². The molecule has 1 aliphatic rings. The van der Waals surface area contributed by atoms with Crippen LogP contribution in [0, 0.1) is 0 Å². The molecule has 2 heterocycles. The fourth-order valence-corrected chi connectivity index (χ4v) is 2.89. The summed E-state index contributed by atoms with van der Waals surface area (Å²) in [4.78, 5) is 0. The van der Waals surface area contributed by atoms with E-state index in [1.54, 1.807) is 0 Å². The number of anilines is 1. The number of nitrogens with one attached hydrogen (secondary N) is 1. The number of nitrogens with zero attached hydrogens (tertiary/aromatic N) is 4. The summed E-state index contributed by atoms with van der Waals surface area (Å²) in [5.41, 5.74) is 2.49. The summed E-state index contributed by atoms with van der Waals surface area (Å²) < 4.78 is 1.87. The zero-order chi connectivity index (χ0) is 14.1. The van der Waals surface area contributed by atoms with Gasteiger partial charge in [0.2, 0.25) is 5.95 Å². The van der Waals surface area contributed by atoms with Gasteiger partial charge >= 0.3 is 0 Å². The number of rotatable bonds is 2. The van der Waals surface area contributed by atoms with Crippen molar-refractivity contribution in [1.29, 1.82) is 0 Å². The van der Waals surface area contributed by atoms with Gasteiger partial charge in [-0.3, -0.25) is 0 Å². The average Bonchev–Trinajstić information content (AvgIpc) is 3.04. The second kappa shape index (κ2) is 5.01. The molecule has 0 saturated carbocycles. The number of benzene rings is 2. The van der Waals surface area contributed by atoms with E-state index in [0.717, 1.165) is 12.4 Å². The highest BCUT2D eigenvalue weighted by molar-refractivity contribution is 5.37. The maximum Gasteiger partial charge on any atom is 0.243 e. The van der Waals surface area contributed by atoms with E-state index < -0.39 is 0 Å². The lowest BCUT2D eigenvalue weighted by molar-refractivity contribution is 0.424. The standard InChI is InChI=1S/C16H15N5/c1-3-7-12(8-4-1)14-11-15(13-9-5-2-6-10-13)21-16(17-14)18-19-20-21/h1-10,14-15H,11H2,(H,17,18,20)/t14-,15+/m0/s1. The fraction of sp³-hybridized carbons (Fsp3) is 0.188. The summed E-state index contributed by atoms with van der Waals surface area (Å²) in [7, 11) is 0. The predicted octanol–water partition coefficient (Wildman–Crippen LogP) is 2.82. The topological polar surface area (TPSA) is 55.6 Å². The van der Waals surface area contributed by atoms with Crippen LogP contribution in [0.5, 0.6) is 0 Å². The number of hydrogen-bond acceptors (Lipinski definition) is 4. The summed E-state index contributed by atoms with van der Waals surface area (Å²) >= 11 is 0. The number of tetrazole rings is 1. The summed E-state index contributed by atoms with van der Waals surface area (Å²) in [6.07, 6.45) is 0.923. The van der Waals surface area contributed by atoms with Crippen LogP contribution in [-0.4, -0.2) is 20.2 Å². The summed E-state index contributed by atoms with van der Waals surface area (Å²) in [6.45, 7) is 0. The Hall–Kier alpha value is -2.69. The second-order valence-corrected chi connectivity index (χ2v) is 5.22. The Morgan fingerprint density at radius 3 is 2.29 bits per heavy atom. The Kier molecular flexibility index (Phi) is 2.88. The van der Waals surface area contributed by atoms with Gasteiger partial charge in [-0.1, -0.05) is 65.8 Å². The molecule has 5 heteroatoms. The highest BCUT2D eigenvalue weighted by Gasteiger charge is 2.30. The van der Waals surface area contributed by atoms with Crippen molar-refractivity contribution in [3.05, 3.63) is 71.8 Å². The van der Waals surface area contributed by atoms with Gasteiger partial charge in [0.15, 0.2) is 0 Å². The van der Waals surface area contributed by atoms with Gasteiger partial charge in [0.05, 0.1) is 12.1 Å². The highest BCUT2D eigenvalue weighted by atomic mass is 15.6. The van der Waals surface area contributed by atoms with Crippen molar-refractivity contribution in [3.8, 4) is 0 Å². The Bertz CT molecular complexity index is 723. The van der Waals surface area contributed by atoms with Crippen LogP contribution in [0.2, 0.25) is 0 Å². The van der Waals surface area contributed by atoms with E-state index in [0.29, 0.717) is 0 Å². The van der Waals surface area contributed by atoms with E-state index in [4.69, 9.17) is 0 Å². The molecular formula is C16H15N5. The van der Waals surface area contributed by atoms with Crippen LogP contribution in [0.4, 0.5) is 5.95 Å². The van der Waals surface area contributed by atoms with E-state index in [-0.39, 0.29) is 12.1 Å². The number of aromatic nitrogens is 4. The Labute approximate surface area is 122 Å². The summed E-state index contributed by atoms with van der Waals surface area (Å²) in [5.74, 6) is 0.726. The van der Waals surface area contributed by atoms with Crippen molar-refractivity contribution in [1.82, 2.24) is 20.2 Å². The van der Waals surface area contributed by atoms with Crippen LogP contribution in [-0.2, 0) is 0 Å². The molecule has 0 bridgehead atoms. The molecule has 1 aliphatic heterocycles. The molecule has 2 aromatic carbocycles. The minimum Gasteiger partial charge on any atom is -0.346 e. The molecule has 0 fully saturated rings. The van der Waals surface area contributed by atoms with Gasteiger partial charge in [0.25, 0.3) is 0 Å². The van der Waals surface area contributed by atoms with Gasteiger partial charge in [0, 0.05) is 0 Å². The minimum atomic E-state index is 0.155. The first-order valence-corrected chi connectivity index (χ1v) is 7.06. The first kappa shape index (κ1) is 12.1. The third kappa shape index (κ3) is 2.16. The molecule has 104 valence electrons. The van der Waals surface area contributed by atoms with Crippen molar-refractivity contribution in [2.75, 3.05) is 5.32 Å². The molecule has 0 aliphatic carbocycles. The van der Waals surface area contributed by atoms with Crippen molar-refractivity contribution >= 4 is 5.95 Å². The quantitative estimate of drug-likeness (QED) is 0.782. The van der Waals surface area contributed by atoms with Gasteiger partial charge in [0.1, 0.15) is 0 Å². The van der Waals surface area contributed by atoms with Crippen molar-refractivity contribution in [3.63, 3.8) is 0 Å². The molecule has 0 radical (unpaired) electrons. The first-order chi connectivity index (χ1) is 10.4. The molecule has 4 rings (SSSR count). The molecule has 0 amide bonds. The maximum atomic E-state index is 4.14. The Morgan fingerprint density at radius 1 is 0.905 bits per heavy atom. The van der Waals surface area contributed by atoms with E-state index in [2.05, 4.69) is 69.4 Å². The monoisotopic (exact) mass is 277 g/mol. The van der Waals surface area contributed by atoms with Gasteiger partial charge in [-0.15, -0.1) is 0 Å². The third-order valence-electron chi connectivity index (χ3n) is 3.94. The van der Waals surface area contributed by atoms with Gasteiger partial charge in [-0.2, -0.15) is 0 Å². The molecule has 1 aromatic heterocycles. The van der Waals surface area contributed by atoms with E-state index in [1.165, 1.54) is 11.1 Å². The molecular weight excluding hydrogens is 262 g/mol. The molecule has 3 aromatic rings. The average molecular weight is 277 g/mol. The van der Waals surface area contributed by atoms with E-state index in [9.17, 15) is 0 Å². The number of hydrogen-bond donors (Lipinski definition) is 1. The van der Waals surface area contributed by atoms with E-state index >= 15 is 0 Å². The lowest BCUT2D eigenvalue weighted by Crippen LogP contribution is -2.28. The first-order valence-electron chi connectivity index (χ1n) is 7.06. The zero-order valence-corrected chi connectivity index (χ0v) is 11.4. The van der Waals surface area contributed by atoms with Crippen molar-refractivity contribution < 1.29 is 0 Å². The van der Waals surface area contributed by atoms with Gasteiger partial charge in [-0.05, 0) is 28.0 Å². The summed E-state index contributed by atoms with van der Waals surface area (Å²) in [5, 5.41) is 15.5. The molecule has 2 atom stereocenters. The summed E-state index contributed by atoms with van der Waals surface area (Å²) in [6, 6.07) is 21.2. The lowest BCUT2D eigenvalue weighted by atomic mass is 9.93. The molecule has 21 heavy (non-hydrogen) atoms. The molecule has 0 spiro atoms. The smallest absolute Gasteiger partial charge is 0.243 e. The number of fused-ring (bicyclic) bond motifs is 1. The second-order valence-electron chi connectivity index (χ2n) is 5.22. The molecule has 5 nitrogen and oxygen atoms in total. The van der Waals surface area contributed by atoms with Crippen LogP contribution >= 0.6 is 0 Å². The predicted molar refractivity (Wildman–Crippen MR) is 79.8 cm³/mol. The molecule has 0 unspecified atom stereocenters. The maximum absolute atomic E-state index is 4.14. The zero-order valence-electron chi connectivity index (χ0n) is 11.4. The SMILES string of the molecule is c1ccc([C@@H]2C[C@H](c3ccccc3)n3nnnc3N2)cc1. The minimum absolute atomic E-state index is 0.155. The van der Waals surface area contributed by atoms with Crippen LogP contribution < -0.4 is 5.32 Å². The molecule has 1 N–H and O–H groups in total. The normalized spacial score (nSPS) is 20.6. The van der Waals surface area contributed by atoms with Gasteiger partial charge in [-0.25, -0.2) is 4.68 Å². The fourth-order valence-electron chi connectivity index (χ4n) is 2.89. The van der Waals surface area contributed by atoms with Gasteiger partial charge < -0.3 is 5.32 Å². The largest absolute Gasteiger partial charge is 0.346 e. The van der Waals surface area contributed by atoms with Crippen LogP contribution in [0.3, 0.4) is 0 Å². The lowest BCUT2D eigenvalue weighted by Gasteiger charge is -2.31. The Morgan fingerprint density at radius 2 is 1.57 bits per heavy atom. The third-order valence-corrected chi connectivity index (χ3v) is 3.94. The molecule has 0 saturated heterocycles. The van der Waals surface area contributed by atoms with Crippen LogP contribution in [0.15, 0.2) is 60.7 Å². The van der Waals surface area contributed by atoms with Crippen molar-refractivity contribution in [2.45, 2.75) is 18.5 Å². The Balaban J connectivity index is 1.74. The van der Waals surface area contributed by atoms with Crippen LogP contribution in [0.25, 0.3) is 0 Å². The van der Waals surface area contributed by atoms with Crippen molar-refractivity contribution in [2.24, 2.45) is 0 Å². The highest BCUT2D eigenvalue weighted by Crippen LogP contribution is 2.36. The van der Waals surface area contributed by atoms with E-state index in [1.807, 2.05) is 16.8 Å².